The summed E-state index contributed by atoms with van der Waals surface area (Å²) >= 11 is 7.80. The Kier molecular flexibility index (Phi) is 3.55. The number of benzene rings is 1. The average molecular weight is 292 g/mol. The van der Waals surface area contributed by atoms with Gasteiger partial charge >= 0.3 is 0 Å². The second-order valence-electron chi connectivity index (χ2n) is 4.39. The molecule has 0 amide bonds. The molecular weight excluding hydrogens is 278 g/mol. The Morgan fingerprint density at radius 1 is 1.32 bits per heavy atom. The van der Waals surface area contributed by atoms with Gasteiger partial charge in [-0.2, -0.15) is 0 Å². The van der Waals surface area contributed by atoms with Crippen LogP contribution in [0.25, 0.3) is 4.96 Å². The van der Waals surface area contributed by atoms with Crippen molar-refractivity contribution in [2.75, 3.05) is 0 Å². The fourth-order valence-corrected chi connectivity index (χ4v) is 3.09. The number of hydrogen-bond donors (Lipinski definition) is 1. The number of halogens is 1. The maximum atomic E-state index is 6.14. The smallest absolute Gasteiger partial charge is 0.194 e. The van der Waals surface area contributed by atoms with Gasteiger partial charge in [0.2, 0.25) is 0 Å². The lowest BCUT2D eigenvalue weighted by Gasteiger charge is -2.06. The van der Waals surface area contributed by atoms with Crippen LogP contribution in [0.4, 0.5) is 0 Å². The van der Waals surface area contributed by atoms with Gasteiger partial charge in [-0.05, 0) is 18.6 Å². The Morgan fingerprint density at radius 3 is 3.00 bits per heavy atom. The van der Waals surface area contributed by atoms with Crippen LogP contribution in [0.2, 0.25) is 5.02 Å². The Labute approximate surface area is 120 Å². The van der Waals surface area contributed by atoms with Crippen molar-refractivity contribution in [1.29, 1.82) is 0 Å². The molecule has 0 saturated heterocycles. The van der Waals surface area contributed by atoms with Gasteiger partial charge in [0, 0.05) is 29.7 Å². The maximum Gasteiger partial charge on any atom is 0.194 e. The molecule has 0 unspecified atom stereocenters. The van der Waals surface area contributed by atoms with Crippen LogP contribution in [0.15, 0.2) is 35.8 Å². The summed E-state index contributed by atoms with van der Waals surface area (Å²) in [4.78, 5) is 5.58. The molecule has 3 nitrogen and oxygen atoms in total. The number of aryl methyl sites for hydroxylation is 1. The number of aromatic nitrogens is 2. The van der Waals surface area contributed by atoms with Crippen LogP contribution in [0.5, 0.6) is 0 Å². The quantitative estimate of drug-likeness (QED) is 0.795. The standard InChI is InChI=1S/C14H14ClN3S/c1-10-13(18-6-7-19-14(18)17-10)9-16-8-11-4-2-3-5-12(11)15/h2-7,16H,8-9H2,1H3. The van der Waals surface area contributed by atoms with Gasteiger partial charge in [0.05, 0.1) is 11.4 Å². The van der Waals surface area contributed by atoms with E-state index in [2.05, 4.69) is 26.3 Å². The molecule has 98 valence electrons. The summed E-state index contributed by atoms with van der Waals surface area (Å²) in [6.07, 6.45) is 2.06. The van der Waals surface area contributed by atoms with Crippen LogP contribution in [-0.4, -0.2) is 9.38 Å². The van der Waals surface area contributed by atoms with E-state index in [-0.39, 0.29) is 0 Å². The highest BCUT2D eigenvalue weighted by atomic mass is 35.5. The first kappa shape index (κ1) is 12.7. The first-order chi connectivity index (χ1) is 9.25. The highest BCUT2D eigenvalue weighted by molar-refractivity contribution is 7.15. The van der Waals surface area contributed by atoms with Crippen LogP contribution in [0.1, 0.15) is 17.0 Å². The molecule has 19 heavy (non-hydrogen) atoms. The summed E-state index contributed by atoms with van der Waals surface area (Å²) in [5, 5.41) is 6.29. The molecule has 0 spiro atoms. The number of thiazole rings is 1. The highest BCUT2D eigenvalue weighted by Crippen LogP contribution is 2.17. The summed E-state index contributed by atoms with van der Waals surface area (Å²) in [5.41, 5.74) is 3.41. The molecule has 5 heteroatoms. The lowest BCUT2D eigenvalue weighted by molar-refractivity contribution is 0.673. The van der Waals surface area contributed by atoms with Gasteiger partial charge in [-0.15, -0.1) is 11.3 Å². The van der Waals surface area contributed by atoms with E-state index in [1.165, 1.54) is 5.69 Å². The van der Waals surface area contributed by atoms with Crippen LogP contribution >= 0.6 is 22.9 Å². The van der Waals surface area contributed by atoms with Crippen LogP contribution in [-0.2, 0) is 13.1 Å². The van der Waals surface area contributed by atoms with Crippen molar-refractivity contribution >= 4 is 27.9 Å². The zero-order chi connectivity index (χ0) is 13.2. The average Bonchev–Trinajstić information content (AvgIpc) is 2.94. The van der Waals surface area contributed by atoms with Gasteiger partial charge in [-0.3, -0.25) is 4.40 Å². The zero-order valence-electron chi connectivity index (χ0n) is 10.6. The van der Waals surface area contributed by atoms with E-state index in [0.29, 0.717) is 0 Å². The predicted octanol–water partition coefficient (Wildman–Crippen LogP) is 3.65. The van der Waals surface area contributed by atoms with Crippen molar-refractivity contribution in [2.45, 2.75) is 20.0 Å². The molecule has 2 heterocycles. The summed E-state index contributed by atoms with van der Waals surface area (Å²) in [5.74, 6) is 0. The lowest BCUT2D eigenvalue weighted by atomic mass is 10.2. The molecule has 1 aromatic carbocycles. The zero-order valence-corrected chi connectivity index (χ0v) is 12.1. The van der Waals surface area contributed by atoms with Crippen molar-refractivity contribution in [2.24, 2.45) is 0 Å². The molecule has 2 aromatic heterocycles. The number of rotatable bonds is 4. The van der Waals surface area contributed by atoms with E-state index in [4.69, 9.17) is 11.6 Å². The topological polar surface area (TPSA) is 29.3 Å². The molecule has 3 aromatic rings. The number of nitrogens with zero attached hydrogens (tertiary/aromatic N) is 2. The number of hydrogen-bond acceptors (Lipinski definition) is 3. The Bertz CT molecular complexity index is 702. The van der Waals surface area contributed by atoms with Crippen molar-refractivity contribution in [1.82, 2.24) is 14.7 Å². The second kappa shape index (κ2) is 5.33. The van der Waals surface area contributed by atoms with E-state index in [0.717, 1.165) is 34.3 Å². The normalized spacial score (nSPS) is 11.3. The molecule has 0 saturated carbocycles. The van der Waals surface area contributed by atoms with Crippen LogP contribution in [0, 0.1) is 6.92 Å². The van der Waals surface area contributed by atoms with Crippen molar-refractivity contribution in [3.63, 3.8) is 0 Å². The minimum atomic E-state index is 0.760. The van der Waals surface area contributed by atoms with Crippen molar-refractivity contribution in [3.8, 4) is 0 Å². The van der Waals surface area contributed by atoms with E-state index in [9.17, 15) is 0 Å². The predicted molar refractivity (Wildman–Crippen MR) is 79.8 cm³/mol. The van der Waals surface area contributed by atoms with E-state index < -0.39 is 0 Å². The third-order valence-electron chi connectivity index (χ3n) is 3.13. The van der Waals surface area contributed by atoms with Gasteiger partial charge in [-0.25, -0.2) is 4.98 Å². The Balaban J connectivity index is 1.71. The summed E-state index contributed by atoms with van der Waals surface area (Å²) in [6.45, 7) is 3.59. The van der Waals surface area contributed by atoms with Gasteiger partial charge in [-0.1, -0.05) is 29.8 Å². The lowest BCUT2D eigenvalue weighted by Crippen LogP contribution is -2.14. The summed E-state index contributed by atoms with van der Waals surface area (Å²) in [6, 6.07) is 7.91. The fraction of sp³-hybridized carbons (Fsp3) is 0.214. The SMILES string of the molecule is Cc1nc2sccn2c1CNCc1ccccc1Cl. The minimum absolute atomic E-state index is 0.760. The Morgan fingerprint density at radius 2 is 2.16 bits per heavy atom. The first-order valence-electron chi connectivity index (χ1n) is 6.11. The van der Waals surface area contributed by atoms with Crippen molar-refractivity contribution in [3.05, 3.63) is 57.8 Å². The number of imidazole rings is 1. The summed E-state index contributed by atoms with van der Waals surface area (Å²) < 4.78 is 2.14. The molecular formula is C14H14ClN3S. The first-order valence-corrected chi connectivity index (χ1v) is 7.36. The molecule has 0 aliphatic heterocycles. The van der Waals surface area contributed by atoms with E-state index >= 15 is 0 Å². The molecule has 0 aliphatic carbocycles. The van der Waals surface area contributed by atoms with Crippen LogP contribution < -0.4 is 5.32 Å². The van der Waals surface area contributed by atoms with Gasteiger partial charge in [0.25, 0.3) is 0 Å². The number of fused-ring (bicyclic) bond motifs is 1. The third-order valence-corrected chi connectivity index (χ3v) is 4.25. The second-order valence-corrected chi connectivity index (χ2v) is 5.67. The maximum absolute atomic E-state index is 6.14. The van der Waals surface area contributed by atoms with Gasteiger partial charge in [0.15, 0.2) is 4.96 Å². The minimum Gasteiger partial charge on any atom is -0.307 e. The molecule has 0 atom stereocenters. The summed E-state index contributed by atoms with van der Waals surface area (Å²) in [7, 11) is 0. The highest BCUT2D eigenvalue weighted by Gasteiger charge is 2.09. The fourth-order valence-electron chi connectivity index (χ4n) is 2.11. The van der Waals surface area contributed by atoms with Gasteiger partial charge < -0.3 is 5.32 Å². The third kappa shape index (κ3) is 2.52. The van der Waals surface area contributed by atoms with Gasteiger partial charge in [0.1, 0.15) is 0 Å². The van der Waals surface area contributed by atoms with Crippen LogP contribution in [0.3, 0.4) is 0 Å². The molecule has 3 rings (SSSR count). The van der Waals surface area contributed by atoms with E-state index in [1.54, 1.807) is 11.3 Å². The largest absolute Gasteiger partial charge is 0.307 e. The Hall–Kier alpha value is -1.36. The molecule has 0 aliphatic rings. The monoisotopic (exact) mass is 291 g/mol. The van der Waals surface area contributed by atoms with E-state index in [1.807, 2.05) is 31.2 Å². The molecule has 0 radical (unpaired) electrons. The molecule has 0 bridgehead atoms. The number of nitrogens with one attached hydrogen (secondary N) is 1. The molecule has 0 fully saturated rings. The molecule has 1 N–H and O–H groups in total. The van der Waals surface area contributed by atoms with Crippen molar-refractivity contribution < 1.29 is 0 Å².